The van der Waals surface area contributed by atoms with Gasteiger partial charge in [0.15, 0.2) is 11.5 Å². The quantitative estimate of drug-likeness (QED) is 0.294. The van der Waals surface area contributed by atoms with E-state index in [1.807, 2.05) is 6.07 Å². The van der Waals surface area contributed by atoms with E-state index in [9.17, 15) is 8.42 Å². The molecule has 0 amide bonds. The van der Waals surface area contributed by atoms with E-state index in [1.54, 1.807) is 42.5 Å². The Morgan fingerprint density at radius 2 is 1.81 bits per heavy atom. The number of nitrogens with one attached hydrogen (secondary N) is 1. The number of hydrogen-bond donors (Lipinski definition) is 1. The summed E-state index contributed by atoms with van der Waals surface area (Å²) in [4.78, 5) is 2.31. The zero-order chi connectivity index (χ0) is 22.4. The second kappa shape index (κ2) is 10.4. The predicted molar refractivity (Wildman–Crippen MR) is 126 cm³/mol. The molecule has 0 aliphatic rings. The van der Waals surface area contributed by atoms with Crippen LogP contribution in [0.1, 0.15) is 11.1 Å². The highest BCUT2D eigenvalue weighted by molar-refractivity contribution is 9.10. The van der Waals surface area contributed by atoms with E-state index in [0.717, 1.165) is 5.56 Å². The minimum Gasteiger partial charge on any atom is -0.493 e. The van der Waals surface area contributed by atoms with Crippen LogP contribution < -0.4 is 14.3 Å². The zero-order valence-electron chi connectivity index (χ0n) is 16.2. The molecule has 0 spiro atoms. The van der Waals surface area contributed by atoms with Gasteiger partial charge in [0.05, 0.1) is 32.7 Å². The van der Waals surface area contributed by atoms with Gasteiger partial charge in [-0.2, -0.15) is 13.5 Å². The van der Waals surface area contributed by atoms with Crippen molar-refractivity contribution in [3.8, 4) is 11.5 Å². The van der Waals surface area contributed by atoms with Gasteiger partial charge in [0.25, 0.3) is 10.0 Å². The lowest BCUT2D eigenvalue weighted by Crippen LogP contribution is -2.18. The molecule has 0 fully saturated rings. The number of methoxy groups -OCH3 is 1. The van der Waals surface area contributed by atoms with Crippen LogP contribution in [0.15, 0.2) is 75.1 Å². The fraction of sp³-hybridized carbons (Fsp3) is 0.0952. The molecule has 0 aliphatic carbocycles. The minimum atomic E-state index is -3.75. The molecule has 10 heteroatoms. The van der Waals surface area contributed by atoms with Crippen molar-refractivity contribution in [3.63, 3.8) is 0 Å². The maximum absolute atomic E-state index is 12.2. The number of benzene rings is 3. The third-order valence-corrected chi connectivity index (χ3v) is 6.63. The van der Waals surface area contributed by atoms with Crippen molar-refractivity contribution in [2.75, 3.05) is 7.11 Å². The topological polar surface area (TPSA) is 77.0 Å². The first-order valence-corrected chi connectivity index (χ1v) is 11.9. The summed E-state index contributed by atoms with van der Waals surface area (Å²) in [6.07, 6.45) is 1.37. The predicted octanol–water partition coefficient (Wildman–Crippen LogP) is 5.66. The van der Waals surface area contributed by atoms with Crippen LogP contribution in [0.2, 0.25) is 10.0 Å². The monoisotopic (exact) mass is 542 g/mol. The molecule has 0 saturated heterocycles. The molecule has 3 aromatic carbocycles. The maximum atomic E-state index is 12.2. The van der Waals surface area contributed by atoms with Gasteiger partial charge in [-0.05, 0) is 63.5 Å². The first-order valence-electron chi connectivity index (χ1n) is 8.84. The molecule has 0 heterocycles. The second-order valence-corrected chi connectivity index (χ2v) is 9.57. The van der Waals surface area contributed by atoms with E-state index in [-0.39, 0.29) is 11.5 Å². The van der Waals surface area contributed by atoms with Gasteiger partial charge in [-0.3, -0.25) is 0 Å². The average Bonchev–Trinajstić information content (AvgIpc) is 2.75. The minimum absolute atomic E-state index is 0.122. The molecular weight excluding hydrogens is 527 g/mol. The van der Waals surface area contributed by atoms with Crippen molar-refractivity contribution in [3.05, 3.63) is 86.3 Å². The van der Waals surface area contributed by atoms with Gasteiger partial charge < -0.3 is 9.47 Å². The lowest BCUT2D eigenvalue weighted by molar-refractivity contribution is 0.282. The Labute approximate surface area is 199 Å². The Morgan fingerprint density at radius 1 is 1.06 bits per heavy atom. The molecule has 0 aromatic heterocycles. The molecule has 0 saturated carbocycles. The molecule has 162 valence electrons. The number of ether oxygens (including phenoxy) is 2. The van der Waals surface area contributed by atoms with E-state index < -0.39 is 10.0 Å². The molecule has 0 bridgehead atoms. The zero-order valence-corrected chi connectivity index (χ0v) is 20.1. The molecule has 3 rings (SSSR count). The third-order valence-electron chi connectivity index (χ3n) is 4.06. The van der Waals surface area contributed by atoms with Crippen LogP contribution in [0.5, 0.6) is 11.5 Å². The normalized spacial score (nSPS) is 11.5. The van der Waals surface area contributed by atoms with Crippen molar-refractivity contribution in [2.45, 2.75) is 11.5 Å². The van der Waals surface area contributed by atoms with E-state index in [2.05, 4.69) is 25.9 Å². The number of nitrogens with zero attached hydrogens (tertiary/aromatic N) is 1. The Bertz CT molecular complexity index is 1210. The van der Waals surface area contributed by atoms with Gasteiger partial charge in [-0.25, -0.2) is 4.83 Å². The first-order chi connectivity index (χ1) is 14.8. The second-order valence-electron chi connectivity index (χ2n) is 6.24. The summed E-state index contributed by atoms with van der Waals surface area (Å²) >= 11 is 15.4. The standard InChI is InChI=1S/C21H17BrCl2N2O4S/c1-29-20-11-15(12-25-26-31(27,28)16-5-3-2-4-6-16)9-17(22)21(20)30-13-14-7-8-18(23)19(24)10-14/h2-12,26H,13H2,1H3/b25-12+. The summed E-state index contributed by atoms with van der Waals surface area (Å²) in [5.41, 5.74) is 1.44. The summed E-state index contributed by atoms with van der Waals surface area (Å²) in [7, 11) is -2.24. The highest BCUT2D eigenvalue weighted by Gasteiger charge is 2.13. The van der Waals surface area contributed by atoms with Crippen molar-refractivity contribution in [1.29, 1.82) is 0 Å². The fourth-order valence-corrected chi connectivity index (χ4v) is 4.27. The average molecular weight is 544 g/mol. The lowest BCUT2D eigenvalue weighted by atomic mass is 10.2. The smallest absolute Gasteiger partial charge is 0.276 e. The first kappa shape index (κ1) is 23.4. The van der Waals surface area contributed by atoms with Crippen LogP contribution in [0.25, 0.3) is 0 Å². The van der Waals surface area contributed by atoms with Gasteiger partial charge in [-0.1, -0.05) is 47.5 Å². The van der Waals surface area contributed by atoms with Crippen molar-refractivity contribution in [1.82, 2.24) is 4.83 Å². The molecule has 1 N–H and O–H groups in total. The molecule has 0 unspecified atom stereocenters. The van der Waals surface area contributed by atoms with E-state index in [0.29, 0.717) is 31.6 Å². The highest BCUT2D eigenvalue weighted by Crippen LogP contribution is 2.37. The number of sulfonamides is 1. The van der Waals surface area contributed by atoms with Crippen LogP contribution in [-0.2, 0) is 16.6 Å². The Kier molecular flexibility index (Phi) is 7.83. The Balaban J connectivity index is 1.74. The van der Waals surface area contributed by atoms with Crippen LogP contribution in [-0.4, -0.2) is 21.7 Å². The molecular formula is C21H17BrCl2N2O4S. The summed E-state index contributed by atoms with van der Waals surface area (Å²) < 4.78 is 36.4. The van der Waals surface area contributed by atoms with E-state index in [1.165, 1.54) is 25.5 Å². The van der Waals surface area contributed by atoms with Gasteiger partial charge in [0.1, 0.15) is 6.61 Å². The number of rotatable bonds is 8. The Hall–Kier alpha value is -2.26. The number of hydrogen-bond acceptors (Lipinski definition) is 5. The molecule has 6 nitrogen and oxygen atoms in total. The van der Waals surface area contributed by atoms with Crippen molar-refractivity contribution < 1.29 is 17.9 Å². The van der Waals surface area contributed by atoms with Gasteiger partial charge in [0, 0.05) is 0 Å². The molecule has 0 radical (unpaired) electrons. The van der Waals surface area contributed by atoms with Crippen molar-refractivity contribution in [2.24, 2.45) is 5.10 Å². The lowest BCUT2D eigenvalue weighted by Gasteiger charge is -2.14. The van der Waals surface area contributed by atoms with E-state index >= 15 is 0 Å². The molecule has 0 atom stereocenters. The fourth-order valence-electron chi connectivity index (χ4n) is 2.56. The van der Waals surface area contributed by atoms with Crippen LogP contribution >= 0.6 is 39.1 Å². The number of halogens is 3. The summed E-state index contributed by atoms with van der Waals surface area (Å²) in [6.45, 7) is 0.246. The van der Waals surface area contributed by atoms with Crippen LogP contribution in [0.3, 0.4) is 0 Å². The largest absolute Gasteiger partial charge is 0.493 e. The molecule has 0 aliphatic heterocycles. The molecule has 31 heavy (non-hydrogen) atoms. The van der Waals surface area contributed by atoms with Gasteiger partial charge >= 0.3 is 0 Å². The van der Waals surface area contributed by atoms with Crippen LogP contribution in [0, 0.1) is 0 Å². The SMILES string of the molecule is COc1cc(/C=N/NS(=O)(=O)c2ccccc2)cc(Br)c1OCc1ccc(Cl)c(Cl)c1. The van der Waals surface area contributed by atoms with Crippen LogP contribution in [0.4, 0.5) is 0 Å². The summed E-state index contributed by atoms with van der Waals surface area (Å²) in [5.74, 6) is 0.928. The molecule has 3 aromatic rings. The Morgan fingerprint density at radius 3 is 2.48 bits per heavy atom. The van der Waals surface area contributed by atoms with E-state index in [4.69, 9.17) is 32.7 Å². The summed E-state index contributed by atoms with van der Waals surface area (Å²) in [6, 6.07) is 16.6. The summed E-state index contributed by atoms with van der Waals surface area (Å²) in [5, 5.41) is 4.75. The third kappa shape index (κ3) is 6.13. The van der Waals surface area contributed by atoms with Gasteiger partial charge in [0.2, 0.25) is 0 Å². The van der Waals surface area contributed by atoms with Crippen molar-refractivity contribution >= 4 is 55.4 Å². The maximum Gasteiger partial charge on any atom is 0.276 e. The number of hydrazone groups is 1. The highest BCUT2D eigenvalue weighted by atomic mass is 79.9. The van der Waals surface area contributed by atoms with Gasteiger partial charge in [-0.15, -0.1) is 0 Å².